The molecule has 11 heteroatoms. The van der Waals surface area contributed by atoms with Crippen molar-refractivity contribution in [2.45, 2.75) is 13.8 Å². The maximum atomic E-state index is 14.2. The summed E-state index contributed by atoms with van der Waals surface area (Å²) in [6.45, 7) is 6.46. The first-order valence-corrected chi connectivity index (χ1v) is 10.6. The molecule has 7 nitrogen and oxygen atoms in total. The van der Waals surface area contributed by atoms with Gasteiger partial charge in [0.05, 0.1) is 20.2 Å². The number of rotatable bonds is 8. The number of hydrogen-bond donors (Lipinski definition) is 0. The molecule has 0 saturated carbocycles. The molecule has 2 aromatic carbocycles. The third-order valence-electron chi connectivity index (χ3n) is 4.76. The maximum absolute atomic E-state index is 14.2. The Morgan fingerprint density at radius 1 is 1.23 bits per heavy atom. The van der Waals surface area contributed by atoms with Gasteiger partial charge in [-0.15, -0.1) is 12.4 Å². The fraction of sp³-hybridized carbons (Fsp3) is 0.300. The van der Waals surface area contributed by atoms with Gasteiger partial charge in [0.1, 0.15) is 11.3 Å². The van der Waals surface area contributed by atoms with Crippen molar-refractivity contribution in [1.82, 2.24) is 9.88 Å². The van der Waals surface area contributed by atoms with E-state index in [1.165, 1.54) is 34.4 Å². The van der Waals surface area contributed by atoms with Crippen molar-refractivity contribution in [3.63, 3.8) is 0 Å². The highest BCUT2D eigenvalue weighted by molar-refractivity contribution is 7.22. The number of carbonyl (C=O) groups is 1. The van der Waals surface area contributed by atoms with Gasteiger partial charge in [-0.25, -0.2) is 9.37 Å². The molecule has 0 aliphatic heterocycles. The number of benzene rings is 2. The largest absolute Gasteiger partial charge is 0.302 e. The van der Waals surface area contributed by atoms with E-state index in [1.807, 2.05) is 13.8 Å². The standard InChI is InChI=1S/C20H20ClFN4O3S.ClH/c1-3-24(4-2)10-11-25(20-23-18-16(22)6-5-7-17(18)30-20)19(27)14-12-13(26(28)29)8-9-15(14)21;/h5-9,12H,3-4,10-11H2,1-2H3;1H. The van der Waals surface area contributed by atoms with Crippen LogP contribution in [0.4, 0.5) is 15.2 Å². The van der Waals surface area contributed by atoms with Crippen LogP contribution in [0.1, 0.15) is 24.2 Å². The number of nitro benzene ring substituents is 1. The molecule has 31 heavy (non-hydrogen) atoms. The third kappa shape index (κ3) is 5.48. The van der Waals surface area contributed by atoms with E-state index < -0.39 is 16.6 Å². The second-order valence-corrected chi connectivity index (χ2v) is 7.90. The predicted molar refractivity (Wildman–Crippen MR) is 124 cm³/mol. The van der Waals surface area contributed by atoms with Gasteiger partial charge < -0.3 is 4.90 Å². The normalized spacial score (nSPS) is 10.9. The minimum atomic E-state index is -0.583. The molecular weight excluding hydrogens is 466 g/mol. The van der Waals surface area contributed by atoms with Crippen LogP contribution in [0.5, 0.6) is 0 Å². The highest BCUT2D eigenvalue weighted by atomic mass is 35.5. The fourth-order valence-corrected chi connectivity index (χ4v) is 4.22. The zero-order valence-corrected chi connectivity index (χ0v) is 19.3. The van der Waals surface area contributed by atoms with Gasteiger partial charge in [-0.1, -0.05) is 42.9 Å². The van der Waals surface area contributed by atoms with Crippen molar-refractivity contribution in [1.29, 1.82) is 0 Å². The summed E-state index contributed by atoms with van der Waals surface area (Å²) in [6, 6.07) is 8.35. The van der Waals surface area contributed by atoms with E-state index in [0.717, 1.165) is 19.2 Å². The molecule has 0 bridgehead atoms. The molecule has 0 saturated heterocycles. The van der Waals surface area contributed by atoms with Gasteiger partial charge in [-0.2, -0.15) is 0 Å². The Bertz CT molecular complexity index is 1090. The summed E-state index contributed by atoms with van der Waals surface area (Å²) in [4.78, 5) is 31.8. The molecule has 1 amide bonds. The summed E-state index contributed by atoms with van der Waals surface area (Å²) < 4.78 is 14.8. The lowest BCUT2D eigenvalue weighted by Gasteiger charge is -2.25. The van der Waals surface area contributed by atoms with Crippen LogP contribution in [-0.2, 0) is 0 Å². The minimum Gasteiger partial charge on any atom is -0.302 e. The van der Waals surface area contributed by atoms with Crippen molar-refractivity contribution in [3.8, 4) is 0 Å². The van der Waals surface area contributed by atoms with E-state index in [0.29, 0.717) is 16.4 Å². The zero-order chi connectivity index (χ0) is 21.8. The summed E-state index contributed by atoms with van der Waals surface area (Å²) in [5.74, 6) is -0.991. The highest BCUT2D eigenvalue weighted by Gasteiger charge is 2.26. The number of likely N-dealkylation sites (N-methyl/N-ethyl adjacent to an activating group) is 1. The molecule has 0 spiro atoms. The first kappa shape index (κ1) is 24.9. The van der Waals surface area contributed by atoms with E-state index in [-0.39, 0.29) is 40.7 Å². The Morgan fingerprint density at radius 3 is 2.55 bits per heavy atom. The fourth-order valence-electron chi connectivity index (χ4n) is 3.02. The lowest BCUT2D eigenvalue weighted by molar-refractivity contribution is -0.384. The summed E-state index contributed by atoms with van der Waals surface area (Å²) in [7, 11) is 0. The van der Waals surface area contributed by atoms with Crippen molar-refractivity contribution in [3.05, 3.63) is 62.9 Å². The second kappa shape index (κ2) is 10.8. The number of para-hydroxylation sites is 1. The first-order chi connectivity index (χ1) is 14.3. The molecular formula is C20H21Cl2FN4O3S. The number of nitrogens with zero attached hydrogens (tertiary/aromatic N) is 4. The molecule has 3 aromatic rings. The molecule has 3 rings (SSSR count). The topological polar surface area (TPSA) is 79.6 Å². The summed E-state index contributed by atoms with van der Waals surface area (Å²) in [5.41, 5.74) is -0.0461. The smallest absolute Gasteiger partial charge is 0.270 e. The number of nitro groups is 1. The molecule has 1 aromatic heterocycles. The Labute approximate surface area is 194 Å². The van der Waals surface area contributed by atoms with Gasteiger partial charge in [0.15, 0.2) is 5.13 Å². The Hall–Kier alpha value is -2.33. The maximum Gasteiger partial charge on any atom is 0.270 e. The monoisotopic (exact) mass is 486 g/mol. The molecule has 0 aliphatic rings. The third-order valence-corrected chi connectivity index (χ3v) is 6.13. The Kier molecular flexibility index (Phi) is 8.69. The summed E-state index contributed by atoms with van der Waals surface area (Å²) in [5, 5.41) is 11.6. The lowest BCUT2D eigenvalue weighted by atomic mass is 10.1. The quantitative estimate of drug-likeness (QED) is 0.314. The van der Waals surface area contributed by atoms with Crippen LogP contribution in [0.2, 0.25) is 5.02 Å². The second-order valence-electron chi connectivity index (χ2n) is 6.49. The number of fused-ring (bicyclic) bond motifs is 1. The summed E-state index contributed by atoms with van der Waals surface area (Å²) in [6.07, 6.45) is 0. The number of hydrogen-bond acceptors (Lipinski definition) is 6. The van der Waals surface area contributed by atoms with Crippen molar-refractivity contribution in [2.24, 2.45) is 0 Å². The number of aromatic nitrogens is 1. The van der Waals surface area contributed by atoms with Crippen LogP contribution in [-0.4, -0.2) is 46.9 Å². The Balaban J connectivity index is 0.00000341. The molecule has 0 aliphatic carbocycles. The molecule has 0 N–H and O–H groups in total. The molecule has 1 heterocycles. The van der Waals surface area contributed by atoms with Crippen LogP contribution < -0.4 is 4.90 Å². The SMILES string of the molecule is CCN(CC)CCN(C(=O)c1cc([N+](=O)[O-])ccc1Cl)c1nc2c(F)cccc2s1.Cl. The highest BCUT2D eigenvalue weighted by Crippen LogP contribution is 2.32. The number of amides is 1. The number of non-ortho nitro benzene ring substituents is 1. The van der Waals surface area contributed by atoms with Gasteiger partial charge >= 0.3 is 0 Å². The molecule has 0 unspecified atom stereocenters. The lowest BCUT2D eigenvalue weighted by Crippen LogP contribution is -2.39. The average molecular weight is 487 g/mol. The van der Waals surface area contributed by atoms with Crippen LogP contribution in [0, 0.1) is 15.9 Å². The molecule has 0 atom stereocenters. The van der Waals surface area contributed by atoms with Crippen LogP contribution in [0.25, 0.3) is 10.2 Å². The van der Waals surface area contributed by atoms with E-state index >= 15 is 0 Å². The van der Waals surface area contributed by atoms with E-state index in [2.05, 4.69) is 9.88 Å². The van der Waals surface area contributed by atoms with Crippen molar-refractivity contribution in [2.75, 3.05) is 31.1 Å². The molecule has 0 radical (unpaired) electrons. The van der Waals surface area contributed by atoms with Gasteiger partial charge in [0.2, 0.25) is 0 Å². The van der Waals surface area contributed by atoms with E-state index in [9.17, 15) is 19.3 Å². The first-order valence-electron chi connectivity index (χ1n) is 9.38. The van der Waals surface area contributed by atoms with Gasteiger partial charge in [-0.3, -0.25) is 19.8 Å². The van der Waals surface area contributed by atoms with E-state index in [1.54, 1.807) is 12.1 Å². The van der Waals surface area contributed by atoms with Crippen molar-refractivity contribution >= 4 is 62.3 Å². The zero-order valence-electron chi connectivity index (χ0n) is 16.9. The average Bonchev–Trinajstić information content (AvgIpc) is 3.16. The minimum absolute atomic E-state index is 0. The van der Waals surface area contributed by atoms with E-state index in [4.69, 9.17) is 11.6 Å². The molecule has 0 fully saturated rings. The van der Waals surface area contributed by atoms with Gasteiger partial charge in [0.25, 0.3) is 11.6 Å². The number of carbonyl (C=O) groups excluding carboxylic acids is 1. The number of halogens is 3. The van der Waals surface area contributed by atoms with Gasteiger partial charge in [-0.05, 0) is 31.3 Å². The van der Waals surface area contributed by atoms with Crippen LogP contribution >= 0.6 is 35.3 Å². The van der Waals surface area contributed by atoms with Crippen LogP contribution in [0.3, 0.4) is 0 Å². The number of thiazole rings is 1. The van der Waals surface area contributed by atoms with Gasteiger partial charge in [0, 0.05) is 25.2 Å². The van der Waals surface area contributed by atoms with Crippen molar-refractivity contribution < 1.29 is 14.1 Å². The Morgan fingerprint density at radius 2 is 1.94 bits per heavy atom. The molecule has 166 valence electrons. The summed E-state index contributed by atoms with van der Waals surface area (Å²) >= 11 is 7.38. The number of anilines is 1. The predicted octanol–water partition coefficient (Wildman–Crippen LogP) is 5.41. The van der Waals surface area contributed by atoms with Crippen LogP contribution in [0.15, 0.2) is 36.4 Å².